The Morgan fingerprint density at radius 2 is 1.77 bits per heavy atom. The molecule has 1 amide bonds. The van der Waals surface area contributed by atoms with Gasteiger partial charge >= 0.3 is 0 Å². The van der Waals surface area contributed by atoms with Gasteiger partial charge < -0.3 is 5.73 Å². The summed E-state index contributed by atoms with van der Waals surface area (Å²) in [6.45, 7) is 3.64. The zero-order valence-electron chi connectivity index (χ0n) is 7.23. The number of hydrogen-bond donors (Lipinski definition) is 1. The standard InChI is InChI=1S/C11H11NO/c1-2-9-3-5-10(6-4-9)7-8-11(12)13/h2-8H,1H2,(H2,12,13)/b8-7+. The van der Waals surface area contributed by atoms with Crippen molar-refractivity contribution in [1.29, 1.82) is 0 Å². The van der Waals surface area contributed by atoms with Crippen LogP contribution in [0.3, 0.4) is 0 Å². The van der Waals surface area contributed by atoms with E-state index in [0.717, 1.165) is 11.1 Å². The summed E-state index contributed by atoms with van der Waals surface area (Å²) in [6, 6.07) is 7.65. The van der Waals surface area contributed by atoms with Crippen molar-refractivity contribution in [2.75, 3.05) is 0 Å². The molecule has 2 heteroatoms. The Hall–Kier alpha value is -1.83. The first-order chi connectivity index (χ1) is 6.22. The normalized spacial score (nSPS) is 10.2. The van der Waals surface area contributed by atoms with Crippen molar-refractivity contribution in [2.24, 2.45) is 5.73 Å². The summed E-state index contributed by atoms with van der Waals surface area (Å²) in [5, 5.41) is 0. The smallest absolute Gasteiger partial charge is 0.241 e. The second-order valence-electron chi connectivity index (χ2n) is 2.61. The van der Waals surface area contributed by atoms with Crippen LogP contribution in [0.15, 0.2) is 36.9 Å². The monoisotopic (exact) mass is 173 g/mol. The predicted molar refractivity (Wildman–Crippen MR) is 54.8 cm³/mol. The first-order valence-corrected chi connectivity index (χ1v) is 3.92. The van der Waals surface area contributed by atoms with Crippen molar-refractivity contribution in [1.82, 2.24) is 0 Å². The lowest BCUT2D eigenvalue weighted by Crippen LogP contribution is -2.04. The number of amides is 1. The van der Waals surface area contributed by atoms with Crippen LogP contribution in [-0.2, 0) is 4.79 Å². The predicted octanol–water partition coefficient (Wildman–Crippen LogP) is 1.83. The van der Waals surface area contributed by atoms with Crippen LogP contribution in [0, 0.1) is 0 Å². The van der Waals surface area contributed by atoms with Crippen molar-refractivity contribution in [3.63, 3.8) is 0 Å². The van der Waals surface area contributed by atoms with Gasteiger partial charge in [-0.05, 0) is 17.2 Å². The average Bonchev–Trinajstić information content (AvgIpc) is 2.15. The fourth-order valence-electron chi connectivity index (χ4n) is 0.922. The van der Waals surface area contributed by atoms with E-state index < -0.39 is 5.91 Å². The number of primary amides is 1. The third kappa shape index (κ3) is 2.95. The van der Waals surface area contributed by atoms with Crippen LogP contribution in [0.5, 0.6) is 0 Å². The zero-order chi connectivity index (χ0) is 9.68. The van der Waals surface area contributed by atoms with E-state index in [1.807, 2.05) is 24.3 Å². The van der Waals surface area contributed by atoms with Crippen molar-refractivity contribution in [3.05, 3.63) is 48.0 Å². The SMILES string of the molecule is C=Cc1ccc(/C=C/C(N)=O)cc1. The second-order valence-corrected chi connectivity index (χ2v) is 2.61. The van der Waals surface area contributed by atoms with Gasteiger partial charge in [-0.1, -0.05) is 36.9 Å². The third-order valence-corrected chi connectivity index (χ3v) is 1.61. The van der Waals surface area contributed by atoms with Crippen molar-refractivity contribution in [3.8, 4) is 0 Å². The molecule has 66 valence electrons. The highest BCUT2D eigenvalue weighted by molar-refractivity contribution is 5.90. The van der Waals surface area contributed by atoms with Crippen LogP contribution in [0.25, 0.3) is 12.2 Å². The summed E-state index contributed by atoms with van der Waals surface area (Å²) in [7, 11) is 0. The van der Waals surface area contributed by atoms with Gasteiger partial charge in [0.1, 0.15) is 0 Å². The molecule has 0 fully saturated rings. The zero-order valence-corrected chi connectivity index (χ0v) is 7.23. The molecule has 0 aliphatic heterocycles. The third-order valence-electron chi connectivity index (χ3n) is 1.61. The Labute approximate surface area is 77.4 Å². The lowest BCUT2D eigenvalue weighted by atomic mass is 10.1. The van der Waals surface area contributed by atoms with E-state index in [1.54, 1.807) is 12.2 Å². The summed E-state index contributed by atoms with van der Waals surface area (Å²) in [5.41, 5.74) is 6.96. The van der Waals surface area contributed by atoms with Crippen molar-refractivity contribution >= 4 is 18.1 Å². The van der Waals surface area contributed by atoms with Gasteiger partial charge in [-0.15, -0.1) is 0 Å². The Balaban J connectivity index is 2.80. The van der Waals surface area contributed by atoms with Gasteiger partial charge in [0, 0.05) is 6.08 Å². The van der Waals surface area contributed by atoms with Gasteiger partial charge in [0.2, 0.25) is 5.91 Å². The number of carbonyl (C=O) groups is 1. The van der Waals surface area contributed by atoms with E-state index in [4.69, 9.17) is 5.73 Å². The molecule has 0 saturated carbocycles. The maximum atomic E-state index is 10.4. The minimum Gasteiger partial charge on any atom is -0.366 e. The fraction of sp³-hybridized carbons (Fsp3) is 0. The molecule has 1 aromatic carbocycles. The first-order valence-electron chi connectivity index (χ1n) is 3.92. The summed E-state index contributed by atoms with van der Waals surface area (Å²) >= 11 is 0. The van der Waals surface area contributed by atoms with E-state index in [0.29, 0.717) is 0 Å². The van der Waals surface area contributed by atoms with Gasteiger partial charge in [0.15, 0.2) is 0 Å². The van der Waals surface area contributed by atoms with Gasteiger partial charge in [-0.2, -0.15) is 0 Å². The molecule has 0 aliphatic rings. The molecule has 1 rings (SSSR count). The lowest BCUT2D eigenvalue weighted by molar-refractivity contribution is -0.113. The van der Waals surface area contributed by atoms with Crippen LogP contribution in [0.2, 0.25) is 0 Å². The van der Waals surface area contributed by atoms with Crippen LogP contribution < -0.4 is 5.73 Å². The lowest BCUT2D eigenvalue weighted by Gasteiger charge is -1.94. The number of nitrogens with two attached hydrogens (primary N) is 1. The largest absolute Gasteiger partial charge is 0.366 e. The molecular formula is C11H11NO. The number of hydrogen-bond acceptors (Lipinski definition) is 1. The molecule has 0 aliphatic carbocycles. The summed E-state index contributed by atoms with van der Waals surface area (Å²) in [5.74, 6) is -0.437. The number of benzene rings is 1. The molecule has 13 heavy (non-hydrogen) atoms. The van der Waals surface area contributed by atoms with Crippen molar-refractivity contribution in [2.45, 2.75) is 0 Å². The fourth-order valence-corrected chi connectivity index (χ4v) is 0.922. The molecule has 2 N–H and O–H groups in total. The molecule has 0 radical (unpaired) electrons. The molecular weight excluding hydrogens is 162 g/mol. The average molecular weight is 173 g/mol. The molecule has 2 nitrogen and oxygen atoms in total. The number of rotatable bonds is 3. The first kappa shape index (κ1) is 9.26. The molecule has 0 saturated heterocycles. The Morgan fingerprint density at radius 1 is 1.23 bits per heavy atom. The topological polar surface area (TPSA) is 43.1 Å². The van der Waals surface area contributed by atoms with Gasteiger partial charge in [0.25, 0.3) is 0 Å². The van der Waals surface area contributed by atoms with E-state index >= 15 is 0 Å². The van der Waals surface area contributed by atoms with Crippen LogP contribution in [0.1, 0.15) is 11.1 Å². The molecule has 0 atom stereocenters. The van der Waals surface area contributed by atoms with E-state index in [9.17, 15) is 4.79 Å². The van der Waals surface area contributed by atoms with Gasteiger partial charge in [0.05, 0.1) is 0 Å². The molecule has 0 bridgehead atoms. The molecule has 0 heterocycles. The van der Waals surface area contributed by atoms with E-state index in [-0.39, 0.29) is 0 Å². The Morgan fingerprint density at radius 3 is 2.23 bits per heavy atom. The molecule has 0 aromatic heterocycles. The highest BCUT2D eigenvalue weighted by Gasteiger charge is 1.88. The molecule has 0 spiro atoms. The molecule has 0 unspecified atom stereocenters. The minimum atomic E-state index is -0.437. The summed E-state index contributed by atoms with van der Waals surface area (Å²) < 4.78 is 0. The van der Waals surface area contributed by atoms with E-state index in [2.05, 4.69) is 6.58 Å². The minimum absolute atomic E-state index is 0.437. The maximum absolute atomic E-state index is 10.4. The highest BCUT2D eigenvalue weighted by atomic mass is 16.1. The van der Waals surface area contributed by atoms with Crippen LogP contribution in [0.4, 0.5) is 0 Å². The van der Waals surface area contributed by atoms with Gasteiger partial charge in [-0.25, -0.2) is 0 Å². The van der Waals surface area contributed by atoms with Crippen molar-refractivity contribution < 1.29 is 4.79 Å². The summed E-state index contributed by atoms with van der Waals surface area (Å²) in [6.07, 6.45) is 4.78. The van der Waals surface area contributed by atoms with Crippen LogP contribution in [-0.4, -0.2) is 5.91 Å². The van der Waals surface area contributed by atoms with E-state index in [1.165, 1.54) is 6.08 Å². The second kappa shape index (κ2) is 4.26. The maximum Gasteiger partial charge on any atom is 0.241 e. The summed E-state index contributed by atoms with van der Waals surface area (Å²) in [4.78, 5) is 10.4. The Bertz CT molecular complexity index is 336. The van der Waals surface area contributed by atoms with Crippen LogP contribution >= 0.6 is 0 Å². The number of carbonyl (C=O) groups excluding carboxylic acids is 1. The molecule has 1 aromatic rings. The Kier molecular flexibility index (Phi) is 3.03. The highest BCUT2D eigenvalue weighted by Crippen LogP contribution is 2.06. The van der Waals surface area contributed by atoms with Gasteiger partial charge in [-0.3, -0.25) is 4.79 Å². The quantitative estimate of drug-likeness (QED) is 0.696.